The van der Waals surface area contributed by atoms with E-state index in [2.05, 4.69) is 12.1 Å². The van der Waals surface area contributed by atoms with E-state index < -0.39 is 0 Å². The average Bonchev–Trinajstić information content (AvgIpc) is 2.53. The molecule has 0 amide bonds. The maximum absolute atomic E-state index is 6.30. The quantitative estimate of drug-likeness (QED) is 0.671. The molecule has 0 aromatic heterocycles. The maximum Gasteiger partial charge on any atom is 0.138 e. The van der Waals surface area contributed by atoms with Crippen LogP contribution in [0.1, 0.15) is 42.9 Å². The van der Waals surface area contributed by atoms with Crippen molar-refractivity contribution in [3.8, 4) is 5.75 Å². The van der Waals surface area contributed by atoms with Crippen molar-refractivity contribution >= 4 is 11.6 Å². The number of aryl methyl sites for hydroxylation is 1. The minimum absolute atomic E-state index is 0.0270. The number of rotatable bonds is 8. The Kier molecular flexibility index (Phi) is 6.75. The van der Waals surface area contributed by atoms with Gasteiger partial charge in [-0.3, -0.25) is 0 Å². The molecule has 0 heterocycles. The molecule has 22 heavy (non-hydrogen) atoms. The highest BCUT2D eigenvalue weighted by Crippen LogP contribution is 2.32. The number of nitrogens with two attached hydrogens (primary N) is 1. The smallest absolute Gasteiger partial charge is 0.138 e. The topological polar surface area (TPSA) is 35.2 Å². The van der Waals surface area contributed by atoms with Crippen molar-refractivity contribution in [1.82, 2.24) is 0 Å². The molecule has 118 valence electrons. The van der Waals surface area contributed by atoms with Gasteiger partial charge in [0.1, 0.15) is 11.9 Å². The number of ether oxygens (including phenoxy) is 1. The summed E-state index contributed by atoms with van der Waals surface area (Å²) in [5.41, 5.74) is 7.89. The molecule has 0 aliphatic carbocycles. The molecule has 2 rings (SSSR count). The predicted octanol–water partition coefficient (Wildman–Crippen LogP) is 5.29. The highest BCUT2D eigenvalue weighted by Gasteiger charge is 2.14. The van der Waals surface area contributed by atoms with E-state index in [1.165, 1.54) is 5.56 Å². The van der Waals surface area contributed by atoms with Gasteiger partial charge in [-0.25, -0.2) is 0 Å². The van der Waals surface area contributed by atoms with Gasteiger partial charge in [0.2, 0.25) is 0 Å². The van der Waals surface area contributed by atoms with E-state index in [1.807, 2.05) is 43.3 Å². The second kappa shape index (κ2) is 8.82. The third-order valence-corrected chi connectivity index (χ3v) is 3.99. The van der Waals surface area contributed by atoms with Crippen molar-refractivity contribution in [3.63, 3.8) is 0 Å². The molecule has 2 N–H and O–H groups in total. The first-order valence-electron chi connectivity index (χ1n) is 7.88. The zero-order valence-electron chi connectivity index (χ0n) is 13.1. The monoisotopic (exact) mass is 317 g/mol. The lowest BCUT2D eigenvalue weighted by molar-refractivity contribution is 0.190. The molecule has 1 atom stereocenters. The maximum atomic E-state index is 6.30. The number of hydrogen-bond acceptors (Lipinski definition) is 2. The first-order valence-corrected chi connectivity index (χ1v) is 8.26. The lowest BCUT2D eigenvalue weighted by Crippen LogP contribution is -2.08. The minimum Gasteiger partial charge on any atom is -0.484 e. The van der Waals surface area contributed by atoms with Crippen molar-refractivity contribution in [2.75, 3.05) is 6.54 Å². The summed E-state index contributed by atoms with van der Waals surface area (Å²) in [6.45, 7) is 2.78. The fraction of sp³-hybridized carbons (Fsp3) is 0.368. The highest BCUT2D eigenvalue weighted by atomic mass is 35.5. The van der Waals surface area contributed by atoms with Crippen LogP contribution in [0.15, 0.2) is 48.5 Å². The Morgan fingerprint density at radius 1 is 1.05 bits per heavy atom. The molecule has 1 unspecified atom stereocenters. The first kappa shape index (κ1) is 16.9. The van der Waals surface area contributed by atoms with Gasteiger partial charge >= 0.3 is 0 Å². The summed E-state index contributed by atoms with van der Waals surface area (Å²) in [6.07, 6.45) is 4.28. The van der Waals surface area contributed by atoms with Crippen LogP contribution in [0.4, 0.5) is 0 Å². The molecular formula is C19H24ClNO. The molecular weight excluding hydrogens is 294 g/mol. The van der Waals surface area contributed by atoms with Crippen LogP contribution in [0.25, 0.3) is 0 Å². The van der Waals surface area contributed by atoms with Crippen LogP contribution in [0, 0.1) is 6.92 Å². The van der Waals surface area contributed by atoms with Crippen molar-refractivity contribution in [1.29, 1.82) is 0 Å². The van der Waals surface area contributed by atoms with E-state index >= 15 is 0 Å². The van der Waals surface area contributed by atoms with Crippen molar-refractivity contribution in [2.24, 2.45) is 5.73 Å². The molecule has 0 aliphatic heterocycles. The second-order valence-corrected chi connectivity index (χ2v) is 6.00. The Labute approximate surface area is 138 Å². The summed E-state index contributed by atoms with van der Waals surface area (Å²) in [5, 5.41) is 0.669. The van der Waals surface area contributed by atoms with E-state index in [0.717, 1.165) is 43.5 Å². The zero-order chi connectivity index (χ0) is 15.8. The Bertz CT molecular complexity index is 571. The van der Waals surface area contributed by atoms with Gasteiger partial charge < -0.3 is 10.5 Å². The first-order chi connectivity index (χ1) is 10.7. The van der Waals surface area contributed by atoms with Gasteiger partial charge in [-0.2, -0.15) is 0 Å². The van der Waals surface area contributed by atoms with Gasteiger partial charge in [0.25, 0.3) is 0 Å². The molecule has 0 bridgehead atoms. The highest BCUT2D eigenvalue weighted by molar-refractivity contribution is 6.32. The zero-order valence-corrected chi connectivity index (χ0v) is 13.9. The molecule has 0 aliphatic rings. The molecule has 2 nitrogen and oxygen atoms in total. The third kappa shape index (κ3) is 5.04. The fourth-order valence-electron chi connectivity index (χ4n) is 2.47. The minimum atomic E-state index is 0.0270. The molecule has 0 spiro atoms. The lowest BCUT2D eigenvalue weighted by atomic mass is 10.0. The van der Waals surface area contributed by atoms with E-state index in [1.54, 1.807) is 0 Å². The van der Waals surface area contributed by atoms with Crippen LogP contribution >= 0.6 is 11.6 Å². The second-order valence-electron chi connectivity index (χ2n) is 5.59. The lowest BCUT2D eigenvalue weighted by Gasteiger charge is -2.20. The molecule has 0 radical (unpaired) electrons. The Balaban J connectivity index is 2.10. The Hall–Kier alpha value is -1.51. The summed E-state index contributed by atoms with van der Waals surface area (Å²) < 4.78 is 6.20. The van der Waals surface area contributed by atoms with Gasteiger partial charge in [0.15, 0.2) is 0 Å². The summed E-state index contributed by atoms with van der Waals surface area (Å²) in [5.74, 6) is 0.750. The van der Waals surface area contributed by atoms with Gasteiger partial charge in [-0.1, -0.05) is 54.4 Å². The summed E-state index contributed by atoms with van der Waals surface area (Å²) in [4.78, 5) is 0. The normalized spacial score (nSPS) is 12.1. The van der Waals surface area contributed by atoms with Crippen LogP contribution in [0.2, 0.25) is 5.02 Å². The van der Waals surface area contributed by atoms with Crippen molar-refractivity contribution in [2.45, 2.75) is 38.7 Å². The summed E-state index contributed by atoms with van der Waals surface area (Å²) in [6, 6.07) is 16.2. The largest absolute Gasteiger partial charge is 0.484 e. The number of halogens is 1. The van der Waals surface area contributed by atoms with Crippen molar-refractivity contribution < 1.29 is 4.74 Å². The Morgan fingerprint density at radius 3 is 2.50 bits per heavy atom. The molecule has 2 aromatic carbocycles. The average molecular weight is 318 g/mol. The molecule has 0 saturated heterocycles. The third-order valence-electron chi connectivity index (χ3n) is 3.70. The van der Waals surface area contributed by atoms with Gasteiger partial charge in [0, 0.05) is 0 Å². The van der Waals surface area contributed by atoms with Gasteiger partial charge in [-0.15, -0.1) is 0 Å². The molecule has 0 saturated carbocycles. The van der Waals surface area contributed by atoms with E-state index in [4.69, 9.17) is 22.1 Å². The van der Waals surface area contributed by atoms with E-state index in [9.17, 15) is 0 Å². The fourth-order valence-corrected chi connectivity index (χ4v) is 2.75. The summed E-state index contributed by atoms with van der Waals surface area (Å²) in [7, 11) is 0. The van der Waals surface area contributed by atoms with Crippen molar-refractivity contribution in [3.05, 3.63) is 64.7 Å². The molecule has 0 fully saturated rings. The standard InChI is InChI=1S/C19H24ClNO/c1-15-11-12-19(17(20)14-15)22-18(10-6-3-7-13-21)16-8-4-2-5-9-16/h2,4-5,8-9,11-12,14,18H,3,6-7,10,13,21H2,1H3. The van der Waals surface area contributed by atoms with Crippen LogP contribution in [-0.2, 0) is 0 Å². The molecule has 3 heteroatoms. The van der Waals surface area contributed by atoms with Gasteiger partial charge in [0.05, 0.1) is 5.02 Å². The van der Waals surface area contributed by atoms with E-state index in [-0.39, 0.29) is 6.10 Å². The predicted molar refractivity (Wildman–Crippen MR) is 93.5 cm³/mol. The van der Waals surface area contributed by atoms with Gasteiger partial charge in [-0.05, 0) is 56.0 Å². The summed E-state index contributed by atoms with van der Waals surface area (Å²) >= 11 is 6.30. The van der Waals surface area contributed by atoms with Crippen LogP contribution < -0.4 is 10.5 Å². The number of benzene rings is 2. The van der Waals surface area contributed by atoms with Crippen LogP contribution in [-0.4, -0.2) is 6.54 Å². The molecule has 2 aromatic rings. The number of hydrogen-bond donors (Lipinski definition) is 1. The SMILES string of the molecule is Cc1ccc(OC(CCCCCN)c2ccccc2)c(Cl)c1. The van der Waals surface area contributed by atoms with E-state index in [0.29, 0.717) is 5.02 Å². The van der Waals surface area contributed by atoms with Crippen LogP contribution in [0.5, 0.6) is 5.75 Å². The van der Waals surface area contributed by atoms with Crippen LogP contribution in [0.3, 0.4) is 0 Å². The Morgan fingerprint density at radius 2 is 1.82 bits per heavy atom. The number of unbranched alkanes of at least 4 members (excludes halogenated alkanes) is 2.